The second-order valence-electron chi connectivity index (χ2n) is 7.49. The van der Waals surface area contributed by atoms with Gasteiger partial charge in [-0.1, -0.05) is 6.07 Å². The molecule has 1 amide bonds. The Balaban J connectivity index is 1.30. The minimum Gasteiger partial charge on any atom is -0.493 e. The Morgan fingerprint density at radius 3 is 2.75 bits per heavy atom. The van der Waals surface area contributed by atoms with Gasteiger partial charge in [-0.3, -0.25) is 14.7 Å². The maximum atomic E-state index is 12.8. The SMILES string of the molecule is O=C(c1ccc(=O)[nH]n1)N1CC[C@@H](c2cc(CCOc3cccc(C(F)(F)F)c3)[nH]n2)C1. The minimum atomic E-state index is -4.41. The topological polar surface area (TPSA) is 104 Å². The smallest absolute Gasteiger partial charge is 0.416 e. The predicted molar refractivity (Wildman–Crippen MR) is 107 cm³/mol. The van der Waals surface area contributed by atoms with E-state index in [2.05, 4.69) is 20.4 Å². The van der Waals surface area contributed by atoms with E-state index >= 15 is 0 Å². The molecule has 2 N–H and O–H groups in total. The molecule has 0 aliphatic carbocycles. The highest BCUT2D eigenvalue weighted by molar-refractivity contribution is 5.92. The summed E-state index contributed by atoms with van der Waals surface area (Å²) in [5, 5.41) is 13.3. The van der Waals surface area contributed by atoms with E-state index in [0.29, 0.717) is 19.5 Å². The van der Waals surface area contributed by atoms with Crippen LogP contribution in [0.15, 0.2) is 47.3 Å². The van der Waals surface area contributed by atoms with Crippen LogP contribution in [0.3, 0.4) is 0 Å². The van der Waals surface area contributed by atoms with Crippen molar-refractivity contribution < 1.29 is 22.7 Å². The van der Waals surface area contributed by atoms with Gasteiger partial charge in [-0.05, 0) is 36.8 Å². The van der Waals surface area contributed by atoms with Crippen LogP contribution in [-0.2, 0) is 12.6 Å². The first kappa shape index (κ1) is 21.6. The molecule has 1 aliphatic heterocycles. The number of aromatic nitrogens is 4. The van der Waals surface area contributed by atoms with Crippen LogP contribution in [0.4, 0.5) is 13.2 Å². The molecule has 1 fully saturated rings. The van der Waals surface area contributed by atoms with E-state index in [0.717, 1.165) is 29.9 Å². The number of nitrogens with zero attached hydrogens (tertiary/aromatic N) is 3. The van der Waals surface area contributed by atoms with Crippen molar-refractivity contribution in [3.8, 4) is 5.75 Å². The summed E-state index contributed by atoms with van der Waals surface area (Å²) < 4.78 is 43.8. The molecule has 11 heteroatoms. The van der Waals surface area contributed by atoms with Gasteiger partial charge in [-0.15, -0.1) is 0 Å². The quantitative estimate of drug-likeness (QED) is 0.605. The van der Waals surface area contributed by atoms with Crippen molar-refractivity contribution in [3.63, 3.8) is 0 Å². The average Bonchev–Trinajstić information content (AvgIpc) is 3.43. The molecule has 2 aromatic heterocycles. The highest BCUT2D eigenvalue weighted by Crippen LogP contribution is 2.31. The van der Waals surface area contributed by atoms with Crippen molar-refractivity contribution in [1.29, 1.82) is 0 Å². The molecular formula is C21H20F3N5O3. The van der Waals surface area contributed by atoms with Gasteiger partial charge in [0.15, 0.2) is 0 Å². The highest BCUT2D eigenvalue weighted by atomic mass is 19.4. The lowest BCUT2D eigenvalue weighted by atomic mass is 10.0. The fourth-order valence-electron chi connectivity index (χ4n) is 3.57. The Bertz CT molecular complexity index is 1140. The van der Waals surface area contributed by atoms with Crippen LogP contribution in [0.5, 0.6) is 5.75 Å². The molecule has 0 saturated carbocycles. The van der Waals surface area contributed by atoms with Gasteiger partial charge in [-0.25, -0.2) is 5.10 Å². The van der Waals surface area contributed by atoms with Crippen LogP contribution in [0.1, 0.15) is 39.8 Å². The zero-order valence-electron chi connectivity index (χ0n) is 16.9. The predicted octanol–water partition coefficient (Wildman–Crippen LogP) is 2.76. The molecule has 3 aromatic rings. The molecule has 8 nitrogen and oxygen atoms in total. The Labute approximate surface area is 180 Å². The van der Waals surface area contributed by atoms with Gasteiger partial charge in [-0.2, -0.15) is 23.4 Å². The third-order valence-electron chi connectivity index (χ3n) is 5.24. The summed E-state index contributed by atoms with van der Waals surface area (Å²) >= 11 is 0. The first-order valence-electron chi connectivity index (χ1n) is 9.99. The molecule has 0 bridgehead atoms. The Kier molecular flexibility index (Phi) is 5.97. The number of benzene rings is 1. The number of hydrogen-bond donors (Lipinski definition) is 2. The number of rotatable bonds is 6. The van der Waals surface area contributed by atoms with Gasteiger partial charge in [0, 0.05) is 37.2 Å². The van der Waals surface area contributed by atoms with E-state index in [1.165, 1.54) is 24.3 Å². The van der Waals surface area contributed by atoms with Crippen LogP contribution in [-0.4, -0.2) is 50.9 Å². The summed E-state index contributed by atoms with van der Waals surface area (Å²) in [6, 6.07) is 9.29. The second kappa shape index (κ2) is 8.85. The zero-order chi connectivity index (χ0) is 22.7. The third kappa shape index (κ3) is 4.98. The summed E-state index contributed by atoms with van der Waals surface area (Å²) in [7, 11) is 0. The van der Waals surface area contributed by atoms with Crippen molar-refractivity contribution in [2.75, 3.05) is 19.7 Å². The second-order valence-corrected chi connectivity index (χ2v) is 7.49. The summed E-state index contributed by atoms with van der Waals surface area (Å²) in [5.41, 5.74) is 0.653. The average molecular weight is 447 g/mol. The van der Waals surface area contributed by atoms with Gasteiger partial charge in [0.1, 0.15) is 11.4 Å². The minimum absolute atomic E-state index is 0.0519. The number of amides is 1. The molecule has 0 radical (unpaired) electrons. The van der Waals surface area contributed by atoms with E-state index in [1.807, 2.05) is 6.07 Å². The highest BCUT2D eigenvalue weighted by Gasteiger charge is 2.31. The van der Waals surface area contributed by atoms with Gasteiger partial charge in [0.05, 0.1) is 17.9 Å². The third-order valence-corrected chi connectivity index (χ3v) is 5.24. The molecule has 3 heterocycles. The fourth-order valence-corrected chi connectivity index (χ4v) is 3.57. The van der Waals surface area contributed by atoms with E-state index in [9.17, 15) is 22.8 Å². The lowest BCUT2D eigenvalue weighted by molar-refractivity contribution is -0.137. The summed E-state index contributed by atoms with van der Waals surface area (Å²) in [6.45, 7) is 1.21. The van der Waals surface area contributed by atoms with Crippen molar-refractivity contribution in [1.82, 2.24) is 25.3 Å². The monoisotopic (exact) mass is 447 g/mol. The molecule has 0 spiro atoms. The number of carbonyl (C=O) groups is 1. The first-order valence-corrected chi connectivity index (χ1v) is 9.99. The molecule has 32 heavy (non-hydrogen) atoms. The van der Waals surface area contributed by atoms with Gasteiger partial charge < -0.3 is 9.64 Å². The number of nitrogens with one attached hydrogen (secondary N) is 2. The van der Waals surface area contributed by atoms with Crippen molar-refractivity contribution >= 4 is 5.91 Å². The number of ether oxygens (including phenoxy) is 1. The fraction of sp³-hybridized carbons (Fsp3) is 0.333. The number of hydrogen-bond acceptors (Lipinski definition) is 5. The lowest BCUT2D eigenvalue weighted by Crippen LogP contribution is -2.30. The van der Waals surface area contributed by atoms with Crippen molar-refractivity contribution in [3.05, 3.63) is 75.5 Å². The number of halogens is 3. The Morgan fingerprint density at radius 2 is 2.00 bits per heavy atom. The largest absolute Gasteiger partial charge is 0.493 e. The number of H-pyrrole nitrogens is 2. The van der Waals surface area contributed by atoms with Gasteiger partial charge in [0.2, 0.25) is 0 Å². The summed E-state index contributed by atoms with van der Waals surface area (Å²) in [5.74, 6) is -0.0505. The molecule has 0 unspecified atom stereocenters. The van der Waals surface area contributed by atoms with E-state index in [-0.39, 0.29) is 35.4 Å². The van der Waals surface area contributed by atoms with Crippen molar-refractivity contribution in [2.24, 2.45) is 0 Å². The first-order chi connectivity index (χ1) is 15.3. The number of carbonyl (C=O) groups excluding carboxylic acids is 1. The Hall–Kier alpha value is -3.63. The molecular weight excluding hydrogens is 427 g/mol. The standard InChI is InChI=1S/C21H20F3N5O3/c22-21(23,24)14-2-1-3-16(10-14)32-9-7-15-11-18(27-25-15)13-6-8-29(12-13)20(31)17-4-5-19(30)28-26-17/h1-5,10-11,13H,6-9,12H2,(H,25,27)(H,28,30)/t13-/m1/s1. The van der Waals surface area contributed by atoms with Crippen LogP contribution < -0.4 is 10.3 Å². The van der Waals surface area contributed by atoms with Gasteiger partial charge >= 0.3 is 6.18 Å². The number of likely N-dealkylation sites (tertiary alicyclic amines) is 1. The van der Waals surface area contributed by atoms with Crippen LogP contribution >= 0.6 is 0 Å². The molecule has 4 rings (SSSR count). The molecule has 1 aliphatic rings. The molecule has 1 saturated heterocycles. The van der Waals surface area contributed by atoms with Crippen LogP contribution in [0, 0.1) is 0 Å². The van der Waals surface area contributed by atoms with Crippen LogP contribution in [0.25, 0.3) is 0 Å². The van der Waals surface area contributed by atoms with E-state index in [1.54, 1.807) is 4.90 Å². The summed E-state index contributed by atoms with van der Waals surface area (Å²) in [4.78, 5) is 25.3. The maximum Gasteiger partial charge on any atom is 0.416 e. The lowest BCUT2D eigenvalue weighted by Gasteiger charge is -2.15. The zero-order valence-corrected chi connectivity index (χ0v) is 16.9. The van der Waals surface area contributed by atoms with Crippen LogP contribution in [0.2, 0.25) is 0 Å². The van der Waals surface area contributed by atoms with Gasteiger partial charge in [0.25, 0.3) is 11.5 Å². The van der Waals surface area contributed by atoms with E-state index < -0.39 is 11.7 Å². The number of alkyl halides is 3. The molecule has 1 aromatic carbocycles. The maximum absolute atomic E-state index is 12.8. The van der Waals surface area contributed by atoms with Crippen molar-refractivity contribution in [2.45, 2.75) is 24.9 Å². The molecule has 168 valence electrons. The number of aromatic amines is 2. The molecule has 1 atom stereocenters. The Morgan fingerprint density at radius 1 is 1.16 bits per heavy atom. The normalized spacial score (nSPS) is 16.3. The summed E-state index contributed by atoms with van der Waals surface area (Å²) in [6.07, 6.45) is -3.23. The van der Waals surface area contributed by atoms with E-state index in [4.69, 9.17) is 4.74 Å².